The fourth-order valence-electron chi connectivity index (χ4n) is 1.32. The lowest BCUT2D eigenvalue weighted by Gasteiger charge is -1.91. The summed E-state index contributed by atoms with van der Waals surface area (Å²) in [5, 5.41) is 9.93. The minimum absolute atomic E-state index is 0.402. The number of nitrogens with one attached hydrogen (secondary N) is 1. The summed E-state index contributed by atoms with van der Waals surface area (Å²) in [6.07, 6.45) is 0. The minimum atomic E-state index is 0.402. The number of aromatic nitrogens is 1. The molecule has 13 heavy (non-hydrogen) atoms. The number of hydrogen-bond acceptors (Lipinski definition) is 2. The summed E-state index contributed by atoms with van der Waals surface area (Å²) in [5.74, 6) is 0.402. The molecular weight excluding hydrogens is 186 g/mol. The van der Waals surface area contributed by atoms with Gasteiger partial charge in [-0.25, -0.2) is 0 Å². The second-order valence-corrected chi connectivity index (χ2v) is 3.07. The molecule has 4 heteroatoms. The zero-order valence-electron chi connectivity index (χ0n) is 6.63. The largest absolute Gasteiger partial charge is 0.384 e. The number of benzene rings is 1. The smallest absolute Gasteiger partial charge is 0.120 e. The van der Waals surface area contributed by atoms with Gasteiger partial charge in [0.1, 0.15) is 5.82 Å². The summed E-state index contributed by atoms with van der Waals surface area (Å²) in [6.45, 7) is 0. The van der Waals surface area contributed by atoms with Crippen LogP contribution in [0.2, 0.25) is 5.02 Å². The van der Waals surface area contributed by atoms with E-state index >= 15 is 0 Å². The molecule has 3 N–H and O–H groups in total. The summed E-state index contributed by atoms with van der Waals surface area (Å²) in [5.41, 5.74) is 6.91. The Morgan fingerprint density at radius 3 is 2.92 bits per heavy atom. The van der Waals surface area contributed by atoms with Crippen LogP contribution in [0.1, 0.15) is 5.56 Å². The number of nitrogen functional groups attached to an aromatic ring is 1. The normalized spacial score (nSPS) is 10.2. The summed E-state index contributed by atoms with van der Waals surface area (Å²) in [4.78, 5) is 2.90. The van der Waals surface area contributed by atoms with Crippen molar-refractivity contribution in [1.29, 1.82) is 5.26 Å². The number of halogens is 1. The first kappa shape index (κ1) is 7.96. The Kier molecular flexibility index (Phi) is 1.64. The van der Waals surface area contributed by atoms with Crippen molar-refractivity contribution in [1.82, 2.24) is 4.98 Å². The van der Waals surface area contributed by atoms with E-state index in [1.54, 1.807) is 12.1 Å². The van der Waals surface area contributed by atoms with Crippen molar-refractivity contribution >= 4 is 28.3 Å². The predicted octanol–water partition coefficient (Wildman–Crippen LogP) is 2.28. The third-order valence-electron chi connectivity index (χ3n) is 1.91. The van der Waals surface area contributed by atoms with Gasteiger partial charge in [0.25, 0.3) is 0 Å². The molecule has 0 radical (unpaired) electrons. The van der Waals surface area contributed by atoms with Gasteiger partial charge in [-0.1, -0.05) is 17.7 Å². The van der Waals surface area contributed by atoms with Crippen molar-refractivity contribution in [3.05, 3.63) is 28.8 Å². The molecule has 0 saturated heterocycles. The highest BCUT2D eigenvalue weighted by Gasteiger charge is 2.09. The highest BCUT2D eigenvalue weighted by atomic mass is 35.5. The highest BCUT2D eigenvalue weighted by Crippen LogP contribution is 2.31. The Hall–Kier alpha value is -1.66. The molecule has 0 aliphatic carbocycles. The number of fused-ring (bicyclic) bond motifs is 1. The highest BCUT2D eigenvalue weighted by molar-refractivity contribution is 6.38. The standard InChI is InChI=1S/C9H6ClN3/c10-8-7-5(4-11)2-1-3-6(7)13-9(8)12/h1-3,13H,12H2. The van der Waals surface area contributed by atoms with Crippen LogP contribution in [0.15, 0.2) is 18.2 Å². The molecule has 64 valence electrons. The topological polar surface area (TPSA) is 65.6 Å². The molecular formula is C9H6ClN3. The van der Waals surface area contributed by atoms with Crippen LogP contribution in [-0.4, -0.2) is 4.98 Å². The zero-order chi connectivity index (χ0) is 9.42. The van der Waals surface area contributed by atoms with E-state index in [1.165, 1.54) is 0 Å². The quantitative estimate of drug-likeness (QED) is 0.671. The lowest BCUT2D eigenvalue weighted by molar-refractivity contribution is 1.47. The van der Waals surface area contributed by atoms with Gasteiger partial charge in [-0.3, -0.25) is 0 Å². The van der Waals surface area contributed by atoms with Crippen LogP contribution in [0.5, 0.6) is 0 Å². The van der Waals surface area contributed by atoms with Gasteiger partial charge in [0.2, 0.25) is 0 Å². The predicted molar refractivity (Wildman–Crippen MR) is 52.4 cm³/mol. The van der Waals surface area contributed by atoms with Crippen LogP contribution < -0.4 is 5.73 Å². The molecule has 0 bridgehead atoms. The number of anilines is 1. The Balaban J connectivity index is 2.97. The fourth-order valence-corrected chi connectivity index (χ4v) is 1.57. The van der Waals surface area contributed by atoms with Crippen LogP contribution in [0.4, 0.5) is 5.82 Å². The van der Waals surface area contributed by atoms with Crippen molar-refractivity contribution in [3.63, 3.8) is 0 Å². The maximum atomic E-state index is 8.81. The molecule has 1 aromatic heterocycles. The molecule has 2 rings (SSSR count). The summed E-state index contributed by atoms with van der Waals surface area (Å²) >= 11 is 5.92. The number of nitrogens with two attached hydrogens (primary N) is 1. The fraction of sp³-hybridized carbons (Fsp3) is 0. The molecule has 0 spiro atoms. The van der Waals surface area contributed by atoms with E-state index in [0.717, 1.165) is 5.52 Å². The molecule has 0 atom stereocenters. The average molecular weight is 192 g/mol. The molecule has 2 aromatic rings. The summed E-state index contributed by atoms with van der Waals surface area (Å²) in [7, 11) is 0. The first-order valence-electron chi connectivity index (χ1n) is 3.70. The van der Waals surface area contributed by atoms with Crippen molar-refractivity contribution in [2.24, 2.45) is 0 Å². The summed E-state index contributed by atoms with van der Waals surface area (Å²) < 4.78 is 0. The van der Waals surface area contributed by atoms with Gasteiger partial charge >= 0.3 is 0 Å². The van der Waals surface area contributed by atoms with Crippen molar-refractivity contribution in [2.75, 3.05) is 5.73 Å². The van der Waals surface area contributed by atoms with E-state index in [4.69, 9.17) is 22.6 Å². The Bertz CT molecular complexity index is 507. The van der Waals surface area contributed by atoms with E-state index in [2.05, 4.69) is 11.1 Å². The number of hydrogen-bond donors (Lipinski definition) is 2. The Labute approximate surface area is 79.7 Å². The lowest BCUT2D eigenvalue weighted by atomic mass is 10.1. The second-order valence-electron chi connectivity index (χ2n) is 2.69. The van der Waals surface area contributed by atoms with E-state index in [-0.39, 0.29) is 0 Å². The van der Waals surface area contributed by atoms with E-state index in [0.29, 0.717) is 21.8 Å². The Morgan fingerprint density at radius 2 is 2.23 bits per heavy atom. The Morgan fingerprint density at radius 1 is 1.46 bits per heavy atom. The van der Waals surface area contributed by atoms with Gasteiger partial charge in [-0.2, -0.15) is 5.26 Å². The van der Waals surface area contributed by atoms with Crippen molar-refractivity contribution in [2.45, 2.75) is 0 Å². The number of nitrogens with zero attached hydrogens (tertiary/aromatic N) is 1. The summed E-state index contributed by atoms with van der Waals surface area (Å²) in [6, 6.07) is 7.39. The maximum Gasteiger partial charge on any atom is 0.120 e. The van der Waals surface area contributed by atoms with Gasteiger partial charge in [0, 0.05) is 10.9 Å². The molecule has 1 aromatic carbocycles. The third kappa shape index (κ3) is 1.04. The molecule has 0 aliphatic rings. The molecule has 1 heterocycles. The van der Waals surface area contributed by atoms with Crippen LogP contribution in [0, 0.1) is 11.3 Å². The molecule has 0 unspecified atom stereocenters. The molecule has 0 saturated carbocycles. The van der Waals surface area contributed by atoms with Gasteiger partial charge in [-0.15, -0.1) is 0 Å². The van der Waals surface area contributed by atoms with Crippen molar-refractivity contribution in [3.8, 4) is 6.07 Å². The molecule has 0 amide bonds. The van der Waals surface area contributed by atoms with Gasteiger partial charge < -0.3 is 10.7 Å². The average Bonchev–Trinajstić information content (AvgIpc) is 2.43. The number of aromatic amines is 1. The van der Waals surface area contributed by atoms with Gasteiger partial charge in [-0.05, 0) is 12.1 Å². The minimum Gasteiger partial charge on any atom is -0.384 e. The number of nitriles is 1. The van der Waals surface area contributed by atoms with E-state index < -0.39 is 0 Å². The molecule has 0 fully saturated rings. The number of rotatable bonds is 0. The van der Waals surface area contributed by atoms with Gasteiger partial charge in [0.15, 0.2) is 0 Å². The van der Waals surface area contributed by atoms with Crippen LogP contribution in [0.3, 0.4) is 0 Å². The molecule has 3 nitrogen and oxygen atoms in total. The molecule has 0 aliphatic heterocycles. The first-order chi connectivity index (χ1) is 6.24. The SMILES string of the molecule is N#Cc1cccc2[nH]c(N)c(Cl)c12. The second kappa shape index (κ2) is 2.68. The number of H-pyrrole nitrogens is 1. The monoisotopic (exact) mass is 191 g/mol. The third-order valence-corrected chi connectivity index (χ3v) is 2.30. The van der Waals surface area contributed by atoms with Gasteiger partial charge in [0.05, 0.1) is 16.7 Å². The van der Waals surface area contributed by atoms with Crippen LogP contribution in [0.25, 0.3) is 10.9 Å². The maximum absolute atomic E-state index is 8.81. The van der Waals surface area contributed by atoms with E-state index in [1.807, 2.05) is 6.07 Å². The first-order valence-corrected chi connectivity index (χ1v) is 4.07. The zero-order valence-corrected chi connectivity index (χ0v) is 7.39. The van der Waals surface area contributed by atoms with Crippen molar-refractivity contribution < 1.29 is 0 Å². The van der Waals surface area contributed by atoms with Crippen LogP contribution >= 0.6 is 11.6 Å². The van der Waals surface area contributed by atoms with Crippen LogP contribution in [-0.2, 0) is 0 Å². The van der Waals surface area contributed by atoms with E-state index in [9.17, 15) is 0 Å². The lowest BCUT2D eigenvalue weighted by Crippen LogP contribution is -1.82.